The second-order valence-corrected chi connectivity index (χ2v) is 7.88. The number of piperazine rings is 1. The molecule has 0 aromatic heterocycles. The van der Waals surface area contributed by atoms with E-state index in [4.69, 9.17) is 4.74 Å². The molecular formula is C21H36IN5O. The molecule has 0 radical (unpaired) electrons. The molecule has 0 saturated carbocycles. The van der Waals surface area contributed by atoms with Crippen molar-refractivity contribution in [1.82, 2.24) is 20.4 Å². The predicted molar refractivity (Wildman–Crippen MR) is 127 cm³/mol. The van der Waals surface area contributed by atoms with Crippen molar-refractivity contribution in [2.45, 2.75) is 19.8 Å². The quantitative estimate of drug-likeness (QED) is 0.339. The zero-order valence-corrected chi connectivity index (χ0v) is 19.9. The molecule has 2 aliphatic rings. The summed E-state index contributed by atoms with van der Waals surface area (Å²) < 4.78 is 5.58. The number of nitrogens with zero attached hydrogens (tertiary/aromatic N) is 3. The maximum absolute atomic E-state index is 5.58. The van der Waals surface area contributed by atoms with Crippen LogP contribution >= 0.6 is 24.0 Å². The lowest BCUT2D eigenvalue weighted by molar-refractivity contribution is 0.139. The Bertz CT molecular complexity index is 631. The van der Waals surface area contributed by atoms with E-state index in [1.165, 1.54) is 37.3 Å². The highest BCUT2D eigenvalue weighted by atomic mass is 127. The summed E-state index contributed by atoms with van der Waals surface area (Å²) in [5.74, 6) is 2.55. The summed E-state index contributed by atoms with van der Waals surface area (Å²) in [5.41, 5.74) is 2.69. The van der Waals surface area contributed by atoms with Crippen LogP contribution < -0.4 is 15.4 Å². The first-order valence-corrected chi connectivity index (χ1v) is 10.2. The van der Waals surface area contributed by atoms with E-state index in [0.717, 1.165) is 50.8 Å². The first kappa shape index (κ1) is 23.2. The van der Waals surface area contributed by atoms with Gasteiger partial charge >= 0.3 is 0 Å². The van der Waals surface area contributed by atoms with Crippen molar-refractivity contribution in [3.63, 3.8) is 0 Å². The van der Waals surface area contributed by atoms with E-state index in [2.05, 4.69) is 57.6 Å². The lowest BCUT2D eigenvalue weighted by Gasteiger charge is -2.34. The molecule has 2 N–H and O–H groups in total. The van der Waals surface area contributed by atoms with E-state index in [-0.39, 0.29) is 24.0 Å². The number of aliphatic imine (C=N–C) groups is 1. The van der Waals surface area contributed by atoms with Gasteiger partial charge in [-0.3, -0.25) is 4.99 Å². The van der Waals surface area contributed by atoms with Gasteiger partial charge < -0.3 is 25.2 Å². The molecule has 1 aromatic carbocycles. The topological polar surface area (TPSA) is 52.1 Å². The van der Waals surface area contributed by atoms with Crippen LogP contribution in [-0.2, 0) is 12.8 Å². The maximum atomic E-state index is 5.58. The molecular weight excluding hydrogens is 465 g/mol. The molecule has 0 aliphatic carbocycles. The summed E-state index contributed by atoms with van der Waals surface area (Å²) in [7, 11) is 4.04. The Balaban J connectivity index is 0.00000280. The van der Waals surface area contributed by atoms with Crippen molar-refractivity contribution in [3.8, 4) is 5.75 Å². The molecule has 1 atom stereocenters. The lowest BCUT2D eigenvalue weighted by atomic mass is 10.1. The number of nitrogens with one attached hydrogen (secondary N) is 2. The molecule has 7 heteroatoms. The standard InChI is InChI=1S/C21H35N5O.HI/c1-17(16-26-11-9-25(3)10-12-26)15-24-21(22-2)23-8-6-18-4-5-20-19(14-18)7-13-27-20;/h4-5,14,17H,6-13,15-16H2,1-3H3,(H2,22,23,24);1H. The van der Waals surface area contributed by atoms with Crippen LogP contribution in [0.2, 0.25) is 0 Å². The monoisotopic (exact) mass is 501 g/mol. The number of hydrogen-bond donors (Lipinski definition) is 2. The van der Waals surface area contributed by atoms with Gasteiger partial charge in [-0.15, -0.1) is 24.0 Å². The second-order valence-electron chi connectivity index (χ2n) is 7.88. The molecule has 0 amide bonds. The molecule has 158 valence electrons. The fourth-order valence-electron chi connectivity index (χ4n) is 3.75. The van der Waals surface area contributed by atoms with Crippen molar-refractivity contribution >= 4 is 29.9 Å². The fourth-order valence-corrected chi connectivity index (χ4v) is 3.75. The van der Waals surface area contributed by atoms with Gasteiger partial charge in [0.15, 0.2) is 5.96 Å². The first-order chi connectivity index (χ1) is 13.1. The molecule has 0 bridgehead atoms. The van der Waals surface area contributed by atoms with Gasteiger partial charge in [0.05, 0.1) is 6.61 Å². The number of hydrogen-bond acceptors (Lipinski definition) is 4. The highest BCUT2D eigenvalue weighted by Crippen LogP contribution is 2.25. The number of likely N-dealkylation sites (N-methyl/N-ethyl adjacent to an activating group) is 1. The van der Waals surface area contributed by atoms with Gasteiger partial charge in [-0.25, -0.2) is 0 Å². The molecule has 6 nitrogen and oxygen atoms in total. The Morgan fingerprint density at radius 3 is 2.75 bits per heavy atom. The minimum absolute atomic E-state index is 0. The largest absolute Gasteiger partial charge is 0.493 e. The van der Waals surface area contributed by atoms with Crippen LogP contribution in [-0.4, -0.2) is 82.3 Å². The number of benzene rings is 1. The average molecular weight is 501 g/mol. The van der Waals surface area contributed by atoms with E-state index in [1.807, 2.05) is 7.05 Å². The molecule has 3 rings (SSSR count). The smallest absolute Gasteiger partial charge is 0.190 e. The van der Waals surface area contributed by atoms with Crippen LogP contribution in [0.15, 0.2) is 23.2 Å². The molecule has 0 spiro atoms. The van der Waals surface area contributed by atoms with Gasteiger partial charge in [0.25, 0.3) is 0 Å². The summed E-state index contributed by atoms with van der Waals surface area (Å²) in [6.45, 7) is 10.8. The summed E-state index contributed by atoms with van der Waals surface area (Å²) >= 11 is 0. The van der Waals surface area contributed by atoms with Crippen molar-refractivity contribution in [1.29, 1.82) is 0 Å². The average Bonchev–Trinajstić information content (AvgIpc) is 3.14. The normalized spacial score (nSPS) is 18.8. The summed E-state index contributed by atoms with van der Waals surface area (Å²) in [5, 5.41) is 6.92. The maximum Gasteiger partial charge on any atom is 0.190 e. The Kier molecular flexibility index (Phi) is 9.81. The van der Waals surface area contributed by atoms with Crippen LogP contribution in [0.4, 0.5) is 0 Å². The van der Waals surface area contributed by atoms with Crippen molar-refractivity contribution in [2.24, 2.45) is 10.9 Å². The second kappa shape index (κ2) is 11.8. The molecule has 2 aliphatic heterocycles. The highest BCUT2D eigenvalue weighted by Gasteiger charge is 2.16. The van der Waals surface area contributed by atoms with Crippen LogP contribution in [0, 0.1) is 5.92 Å². The number of halogens is 1. The summed E-state index contributed by atoms with van der Waals surface area (Å²) in [4.78, 5) is 9.33. The Morgan fingerprint density at radius 1 is 1.21 bits per heavy atom. The predicted octanol–water partition coefficient (Wildman–Crippen LogP) is 1.83. The van der Waals surface area contributed by atoms with E-state index in [9.17, 15) is 0 Å². The fraction of sp³-hybridized carbons (Fsp3) is 0.667. The third kappa shape index (κ3) is 7.08. The van der Waals surface area contributed by atoms with Crippen LogP contribution in [0.1, 0.15) is 18.1 Å². The number of guanidine groups is 1. The number of fused-ring (bicyclic) bond motifs is 1. The Hall–Kier alpha value is -1.06. The van der Waals surface area contributed by atoms with E-state index >= 15 is 0 Å². The first-order valence-electron chi connectivity index (χ1n) is 10.2. The van der Waals surface area contributed by atoms with Gasteiger partial charge in [-0.1, -0.05) is 19.1 Å². The minimum atomic E-state index is 0. The van der Waals surface area contributed by atoms with Crippen molar-refractivity contribution < 1.29 is 4.74 Å². The SMILES string of the molecule is CN=C(NCCc1ccc2c(c1)CCO2)NCC(C)CN1CCN(C)CC1.I. The molecule has 1 fully saturated rings. The van der Waals surface area contributed by atoms with Crippen LogP contribution in [0.5, 0.6) is 5.75 Å². The third-order valence-electron chi connectivity index (χ3n) is 5.47. The molecule has 1 aromatic rings. The van der Waals surface area contributed by atoms with E-state index in [1.54, 1.807) is 0 Å². The van der Waals surface area contributed by atoms with Gasteiger partial charge in [0.2, 0.25) is 0 Å². The van der Waals surface area contributed by atoms with E-state index < -0.39 is 0 Å². The highest BCUT2D eigenvalue weighted by molar-refractivity contribution is 14.0. The zero-order chi connectivity index (χ0) is 19.1. The zero-order valence-electron chi connectivity index (χ0n) is 17.5. The summed E-state index contributed by atoms with van der Waals surface area (Å²) in [6.07, 6.45) is 2.02. The van der Waals surface area contributed by atoms with Crippen molar-refractivity contribution in [3.05, 3.63) is 29.3 Å². The van der Waals surface area contributed by atoms with Crippen LogP contribution in [0.25, 0.3) is 0 Å². The Labute approximate surface area is 187 Å². The Morgan fingerprint density at radius 2 is 2.00 bits per heavy atom. The number of ether oxygens (including phenoxy) is 1. The molecule has 1 unspecified atom stereocenters. The molecule has 1 saturated heterocycles. The lowest BCUT2D eigenvalue weighted by Crippen LogP contribution is -2.47. The van der Waals surface area contributed by atoms with Gasteiger partial charge in [-0.2, -0.15) is 0 Å². The van der Waals surface area contributed by atoms with E-state index in [0.29, 0.717) is 5.92 Å². The number of rotatable bonds is 7. The van der Waals surface area contributed by atoms with Gasteiger partial charge in [0.1, 0.15) is 5.75 Å². The summed E-state index contributed by atoms with van der Waals surface area (Å²) in [6, 6.07) is 6.54. The van der Waals surface area contributed by atoms with Gasteiger partial charge in [0, 0.05) is 59.3 Å². The van der Waals surface area contributed by atoms with Gasteiger partial charge in [-0.05, 0) is 36.6 Å². The third-order valence-corrected chi connectivity index (χ3v) is 5.47. The molecule has 28 heavy (non-hydrogen) atoms. The minimum Gasteiger partial charge on any atom is -0.493 e. The van der Waals surface area contributed by atoms with Crippen molar-refractivity contribution in [2.75, 3.05) is 66.5 Å². The van der Waals surface area contributed by atoms with Crippen LogP contribution in [0.3, 0.4) is 0 Å². The molecule has 2 heterocycles.